The number of hydrogen-bond donors (Lipinski definition) is 1. The predicted octanol–water partition coefficient (Wildman–Crippen LogP) is 4.11. The summed E-state index contributed by atoms with van der Waals surface area (Å²) in [5.41, 5.74) is 2.77. The van der Waals surface area contributed by atoms with Crippen molar-refractivity contribution in [1.82, 2.24) is 14.7 Å². The lowest BCUT2D eigenvalue weighted by Crippen LogP contribution is -2.35. The molecular weight excluding hydrogens is 430 g/mol. The molecule has 0 spiro atoms. The van der Waals surface area contributed by atoms with Gasteiger partial charge in [-0.15, -0.1) is 6.42 Å². The maximum atomic E-state index is 10.5. The number of nitrogens with zero attached hydrogens (tertiary/aromatic N) is 3. The molecule has 7 heteroatoms. The number of aliphatic hydroxyl groups excluding tert-OH is 1. The summed E-state index contributed by atoms with van der Waals surface area (Å²) >= 11 is 0. The van der Waals surface area contributed by atoms with Gasteiger partial charge in [0.05, 0.1) is 25.4 Å². The van der Waals surface area contributed by atoms with Gasteiger partial charge in [0.15, 0.2) is 11.5 Å². The topological polar surface area (TPSA) is 69.0 Å². The molecule has 0 aliphatic carbocycles. The van der Waals surface area contributed by atoms with Gasteiger partial charge in [-0.05, 0) is 25.1 Å². The first kappa shape index (κ1) is 25.3. The van der Waals surface area contributed by atoms with Crippen LogP contribution in [0.5, 0.6) is 17.4 Å². The fraction of sp³-hybridized carbons (Fsp3) is 0.370. The molecule has 0 bridgehead atoms. The van der Waals surface area contributed by atoms with E-state index >= 15 is 0 Å². The number of aliphatic hydroxyl groups is 1. The molecule has 0 saturated carbocycles. The molecule has 1 atom stereocenters. The van der Waals surface area contributed by atoms with Crippen LogP contribution in [0, 0.1) is 12.3 Å². The van der Waals surface area contributed by atoms with Crippen molar-refractivity contribution in [2.24, 2.45) is 7.05 Å². The third-order valence-corrected chi connectivity index (χ3v) is 5.30. The van der Waals surface area contributed by atoms with Crippen molar-refractivity contribution in [1.29, 1.82) is 0 Å². The number of aryl methyl sites for hydroxylation is 1. The Morgan fingerprint density at radius 3 is 2.50 bits per heavy atom. The van der Waals surface area contributed by atoms with Crippen LogP contribution in [-0.4, -0.2) is 59.3 Å². The molecular formula is C27H33N3O4. The molecule has 0 unspecified atom stereocenters. The standard InChI is InChI=1S/C27H33N3O4/c1-5-16-30(18-22(31)20-33-17-6-2)19-23-26(21-12-8-7-9-13-21)28-29(3)27(23)34-25-15-11-10-14-24(25)32-4/h2,7-15,22,31H,5,16-20H2,1,3-4H3/t22-/m1/s1. The van der Waals surface area contributed by atoms with Crippen LogP contribution < -0.4 is 9.47 Å². The van der Waals surface area contributed by atoms with Gasteiger partial charge < -0.3 is 19.3 Å². The van der Waals surface area contributed by atoms with E-state index < -0.39 is 6.10 Å². The first-order chi connectivity index (χ1) is 16.6. The smallest absolute Gasteiger partial charge is 0.222 e. The number of benzene rings is 2. The van der Waals surface area contributed by atoms with Gasteiger partial charge in [0.1, 0.15) is 12.3 Å². The van der Waals surface area contributed by atoms with Gasteiger partial charge in [-0.3, -0.25) is 4.90 Å². The second kappa shape index (κ2) is 12.8. The number of aromatic nitrogens is 2. The molecule has 0 fully saturated rings. The second-order valence-corrected chi connectivity index (χ2v) is 7.98. The highest BCUT2D eigenvalue weighted by Crippen LogP contribution is 2.37. The average Bonchev–Trinajstić information content (AvgIpc) is 3.15. The average molecular weight is 464 g/mol. The molecule has 1 N–H and O–H groups in total. The van der Waals surface area contributed by atoms with Crippen LogP contribution in [0.1, 0.15) is 18.9 Å². The molecule has 3 rings (SSSR count). The first-order valence-corrected chi connectivity index (χ1v) is 11.4. The highest BCUT2D eigenvalue weighted by Gasteiger charge is 2.24. The molecule has 7 nitrogen and oxygen atoms in total. The zero-order valence-corrected chi connectivity index (χ0v) is 20.1. The van der Waals surface area contributed by atoms with Crippen molar-refractivity contribution in [3.63, 3.8) is 0 Å². The molecule has 0 amide bonds. The number of para-hydroxylation sites is 2. The summed E-state index contributed by atoms with van der Waals surface area (Å²) in [6, 6.07) is 17.6. The SMILES string of the molecule is C#CCOC[C@H](O)CN(CCC)Cc1c(-c2ccccc2)nn(C)c1Oc1ccccc1OC. The van der Waals surface area contributed by atoms with E-state index in [0.717, 1.165) is 29.8 Å². The first-order valence-electron chi connectivity index (χ1n) is 11.4. The van der Waals surface area contributed by atoms with Crippen LogP contribution in [0.25, 0.3) is 11.3 Å². The number of methoxy groups -OCH3 is 1. The Balaban J connectivity index is 1.96. The number of ether oxygens (including phenoxy) is 3. The van der Waals surface area contributed by atoms with Gasteiger partial charge in [-0.2, -0.15) is 5.10 Å². The molecule has 1 aromatic heterocycles. The molecule has 34 heavy (non-hydrogen) atoms. The van der Waals surface area contributed by atoms with E-state index in [1.807, 2.05) is 61.6 Å². The Morgan fingerprint density at radius 1 is 1.12 bits per heavy atom. The summed E-state index contributed by atoms with van der Waals surface area (Å²) in [6.07, 6.45) is 5.52. The van der Waals surface area contributed by atoms with Crippen LogP contribution in [-0.2, 0) is 18.3 Å². The normalized spacial score (nSPS) is 11.9. The minimum Gasteiger partial charge on any atom is -0.493 e. The lowest BCUT2D eigenvalue weighted by molar-refractivity contribution is 0.0260. The van der Waals surface area contributed by atoms with Gasteiger partial charge in [0, 0.05) is 25.7 Å². The largest absolute Gasteiger partial charge is 0.493 e. The van der Waals surface area contributed by atoms with E-state index in [9.17, 15) is 5.11 Å². The van der Waals surface area contributed by atoms with Crippen molar-refractivity contribution in [2.45, 2.75) is 26.0 Å². The lowest BCUT2D eigenvalue weighted by atomic mass is 10.1. The van der Waals surface area contributed by atoms with Crippen LogP contribution in [0.3, 0.4) is 0 Å². The van der Waals surface area contributed by atoms with E-state index in [-0.39, 0.29) is 13.2 Å². The Morgan fingerprint density at radius 2 is 1.82 bits per heavy atom. The summed E-state index contributed by atoms with van der Waals surface area (Å²) < 4.78 is 18.9. The van der Waals surface area contributed by atoms with E-state index in [1.165, 1.54) is 0 Å². The fourth-order valence-corrected chi connectivity index (χ4v) is 3.84. The fourth-order valence-electron chi connectivity index (χ4n) is 3.84. The van der Waals surface area contributed by atoms with Gasteiger partial charge in [0.2, 0.25) is 5.88 Å². The van der Waals surface area contributed by atoms with Crippen LogP contribution in [0.2, 0.25) is 0 Å². The van der Waals surface area contributed by atoms with Gasteiger partial charge in [-0.25, -0.2) is 4.68 Å². The van der Waals surface area contributed by atoms with Crippen molar-refractivity contribution in [3.8, 4) is 41.0 Å². The summed E-state index contributed by atoms with van der Waals surface area (Å²) in [7, 11) is 3.49. The second-order valence-electron chi connectivity index (χ2n) is 7.98. The number of terminal acetylenes is 1. The van der Waals surface area contributed by atoms with Crippen LogP contribution in [0.15, 0.2) is 54.6 Å². The lowest BCUT2D eigenvalue weighted by Gasteiger charge is -2.25. The monoisotopic (exact) mass is 463 g/mol. The maximum Gasteiger partial charge on any atom is 0.222 e. The van der Waals surface area contributed by atoms with Crippen molar-refractivity contribution in [3.05, 3.63) is 60.2 Å². The molecule has 3 aromatic rings. The minimum absolute atomic E-state index is 0.183. The zero-order chi connectivity index (χ0) is 24.3. The molecule has 2 aromatic carbocycles. The summed E-state index contributed by atoms with van der Waals surface area (Å²) in [6.45, 7) is 4.26. The van der Waals surface area contributed by atoms with Crippen molar-refractivity contribution in [2.75, 3.05) is 33.4 Å². The Labute approximate surface area is 201 Å². The summed E-state index contributed by atoms with van der Waals surface area (Å²) in [5.74, 6) is 4.30. The Hall–Kier alpha value is -3.31. The predicted molar refractivity (Wildman–Crippen MR) is 133 cm³/mol. The minimum atomic E-state index is -0.657. The number of hydrogen-bond acceptors (Lipinski definition) is 6. The van der Waals surface area contributed by atoms with Crippen molar-refractivity contribution < 1.29 is 19.3 Å². The molecule has 0 saturated heterocycles. The highest BCUT2D eigenvalue weighted by atomic mass is 16.5. The van der Waals surface area contributed by atoms with Gasteiger partial charge >= 0.3 is 0 Å². The molecule has 1 heterocycles. The molecule has 0 aliphatic heterocycles. The van der Waals surface area contributed by atoms with E-state index in [2.05, 4.69) is 17.7 Å². The third kappa shape index (κ3) is 6.61. The van der Waals surface area contributed by atoms with E-state index in [1.54, 1.807) is 11.8 Å². The van der Waals surface area contributed by atoms with Gasteiger partial charge in [-0.1, -0.05) is 55.3 Å². The maximum absolute atomic E-state index is 10.5. The number of rotatable bonds is 13. The zero-order valence-electron chi connectivity index (χ0n) is 20.1. The quantitative estimate of drug-likeness (QED) is 0.304. The van der Waals surface area contributed by atoms with Gasteiger partial charge in [0.25, 0.3) is 0 Å². The molecule has 0 aliphatic rings. The van der Waals surface area contributed by atoms with E-state index in [0.29, 0.717) is 30.5 Å². The summed E-state index contributed by atoms with van der Waals surface area (Å²) in [5, 5.41) is 15.3. The summed E-state index contributed by atoms with van der Waals surface area (Å²) in [4.78, 5) is 2.18. The molecule has 0 radical (unpaired) electrons. The Bertz CT molecular complexity index is 1080. The van der Waals surface area contributed by atoms with Crippen LogP contribution in [0.4, 0.5) is 0 Å². The third-order valence-electron chi connectivity index (χ3n) is 5.30. The molecule has 180 valence electrons. The van der Waals surface area contributed by atoms with E-state index in [4.69, 9.17) is 25.7 Å². The van der Waals surface area contributed by atoms with Crippen LogP contribution >= 0.6 is 0 Å². The van der Waals surface area contributed by atoms with Crippen molar-refractivity contribution >= 4 is 0 Å². The Kier molecular flexibility index (Phi) is 9.53. The highest BCUT2D eigenvalue weighted by molar-refractivity contribution is 5.65.